The number of carbonyl (C=O) groups excluding carboxylic acids is 2. The lowest BCUT2D eigenvalue weighted by Gasteiger charge is -2.56. The lowest BCUT2D eigenvalue weighted by molar-refractivity contribution is -0.122. The molecule has 1 heterocycles. The number of rotatable bonds is 5. The largest absolute Gasteiger partial charge is 0.454 e. The summed E-state index contributed by atoms with van der Waals surface area (Å²) in [5, 5.41) is 5.79. The zero-order chi connectivity index (χ0) is 18.4. The van der Waals surface area contributed by atoms with Crippen LogP contribution in [0.2, 0.25) is 0 Å². The van der Waals surface area contributed by atoms with Crippen LogP contribution in [0.5, 0.6) is 11.5 Å². The molecule has 4 aliphatic carbocycles. The molecule has 0 unspecified atom stereocenters. The van der Waals surface area contributed by atoms with Crippen LogP contribution in [0.25, 0.3) is 0 Å². The number of hydrogen-bond donors (Lipinski definition) is 2. The van der Waals surface area contributed by atoms with Crippen LogP contribution in [0, 0.1) is 23.2 Å². The molecule has 2 N–H and O–H groups in total. The highest BCUT2D eigenvalue weighted by Gasteiger charge is 2.50. The molecule has 1 aromatic rings. The number of hydrogen-bond acceptors (Lipinski definition) is 4. The molecule has 0 saturated heterocycles. The Labute approximate surface area is 159 Å². The average molecular weight is 370 g/mol. The van der Waals surface area contributed by atoms with Gasteiger partial charge in [0.1, 0.15) is 0 Å². The van der Waals surface area contributed by atoms with Gasteiger partial charge in [-0.3, -0.25) is 9.59 Å². The van der Waals surface area contributed by atoms with Gasteiger partial charge in [-0.05, 0) is 79.9 Å². The summed E-state index contributed by atoms with van der Waals surface area (Å²) in [7, 11) is 0. The lowest BCUT2D eigenvalue weighted by atomic mass is 9.49. The van der Waals surface area contributed by atoms with Crippen LogP contribution in [0.1, 0.15) is 48.9 Å². The summed E-state index contributed by atoms with van der Waals surface area (Å²) in [5.41, 5.74) is 0.777. The summed E-state index contributed by atoms with van der Waals surface area (Å²) in [6.45, 7) is 0.933. The Balaban J connectivity index is 1.12. The SMILES string of the molecule is O=C(CNC(=O)c1ccc2c(c1)OCO2)NCC12CC3CC(CC(C3)C1)C2. The van der Waals surface area contributed by atoms with E-state index in [1.807, 2.05) is 0 Å². The first-order chi connectivity index (χ1) is 13.1. The molecular weight excluding hydrogens is 344 g/mol. The van der Waals surface area contributed by atoms with Crippen LogP contribution in [-0.4, -0.2) is 31.7 Å². The maximum absolute atomic E-state index is 12.3. The van der Waals surface area contributed by atoms with E-state index in [1.54, 1.807) is 18.2 Å². The lowest BCUT2D eigenvalue weighted by Crippen LogP contribution is -2.52. The summed E-state index contributed by atoms with van der Waals surface area (Å²) in [5.74, 6) is 3.43. The van der Waals surface area contributed by atoms with Crippen LogP contribution in [-0.2, 0) is 4.79 Å². The molecule has 27 heavy (non-hydrogen) atoms. The van der Waals surface area contributed by atoms with Gasteiger partial charge in [0.2, 0.25) is 12.7 Å². The molecule has 144 valence electrons. The Morgan fingerprint density at radius 2 is 1.63 bits per heavy atom. The van der Waals surface area contributed by atoms with Crippen LogP contribution in [0.4, 0.5) is 0 Å². The van der Waals surface area contributed by atoms with Crippen molar-refractivity contribution in [1.82, 2.24) is 10.6 Å². The monoisotopic (exact) mass is 370 g/mol. The Bertz CT molecular complexity index is 740. The van der Waals surface area contributed by atoms with Gasteiger partial charge in [-0.15, -0.1) is 0 Å². The Morgan fingerprint density at radius 3 is 2.33 bits per heavy atom. The van der Waals surface area contributed by atoms with E-state index in [0.717, 1.165) is 24.3 Å². The summed E-state index contributed by atoms with van der Waals surface area (Å²) in [6.07, 6.45) is 8.00. The van der Waals surface area contributed by atoms with Gasteiger partial charge in [-0.1, -0.05) is 0 Å². The fourth-order valence-electron chi connectivity index (χ4n) is 6.16. The summed E-state index contributed by atoms with van der Waals surface area (Å²) >= 11 is 0. The molecule has 4 saturated carbocycles. The van der Waals surface area contributed by atoms with Crippen LogP contribution >= 0.6 is 0 Å². The maximum Gasteiger partial charge on any atom is 0.251 e. The van der Waals surface area contributed by atoms with Crippen molar-refractivity contribution in [2.75, 3.05) is 19.9 Å². The first kappa shape index (κ1) is 16.9. The Hall–Kier alpha value is -2.24. The van der Waals surface area contributed by atoms with Crippen LogP contribution in [0.15, 0.2) is 18.2 Å². The van der Waals surface area contributed by atoms with E-state index in [4.69, 9.17) is 9.47 Å². The van der Waals surface area contributed by atoms with E-state index >= 15 is 0 Å². The molecule has 0 atom stereocenters. The topological polar surface area (TPSA) is 76.7 Å². The minimum atomic E-state index is -0.279. The third-order valence-corrected chi connectivity index (χ3v) is 6.87. The van der Waals surface area contributed by atoms with Gasteiger partial charge < -0.3 is 20.1 Å². The second-order valence-corrected chi connectivity index (χ2v) is 8.95. The third-order valence-electron chi connectivity index (χ3n) is 6.87. The van der Waals surface area contributed by atoms with E-state index in [1.165, 1.54) is 38.5 Å². The number of benzene rings is 1. The van der Waals surface area contributed by atoms with Crippen molar-refractivity contribution >= 4 is 11.8 Å². The molecule has 6 heteroatoms. The quantitative estimate of drug-likeness (QED) is 0.835. The van der Waals surface area contributed by atoms with E-state index < -0.39 is 0 Å². The summed E-state index contributed by atoms with van der Waals surface area (Å²) < 4.78 is 10.5. The molecule has 2 amide bonds. The average Bonchev–Trinajstić information content (AvgIpc) is 3.11. The zero-order valence-electron chi connectivity index (χ0n) is 15.5. The van der Waals surface area contributed by atoms with Crippen molar-refractivity contribution in [3.8, 4) is 11.5 Å². The number of fused-ring (bicyclic) bond motifs is 1. The molecule has 0 radical (unpaired) electrons. The molecule has 4 bridgehead atoms. The predicted octanol–water partition coefficient (Wildman–Crippen LogP) is 2.48. The minimum Gasteiger partial charge on any atom is -0.454 e. The van der Waals surface area contributed by atoms with Crippen molar-refractivity contribution in [1.29, 1.82) is 0 Å². The number of ether oxygens (including phenoxy) is 2. The van der Waals surface area contributed by atoms with Gasteiger partial charge in [-0.25, -0.2) is 0 Å². The fourth-order valence-corrected chi connectivity index (χ4v) is 6.16. The van der Waals surface area contributed by atoms with E-state index in [2.05, 4.69) is 10.6 Å². The maximum atomic E-state index is 12.3. The molecule has 6 rings (SSSR count). The Morgan fingerprint density at radius 1 is 0.963 bits per heavy atom. The number of amides is 2. The van der Waals surface area contributed by atoms with E-state index in [-0.39, 0.29) is 25.2 Å². The molecule has 0 spiro atoms. The van der Waals surface area contributed by atoms with Gasteiger partial charge in [-0.2, -0.15) is 0 Å². The van der Waals surface area contributed by atoms with Crippen LogP contribution in [0.3, 0.4) is 0 Å². The first-order valence-corrected chi connectivity index (χ1v) is 10.0. The van der Waals surface area contributed by atoms with Crippen molar-refractivity contribution in [2.24, 2.45) is 23.2 Å². The van der Waals surface area contributed by atoms with Crippen molar-refractivity contribution in [3.05, 3.63) is 23.8 Å². The van der Waals surface area contributed by atoms with Gasteiger partial charge in [0, 0.05) is 12.1 Å². The fraction of sp³-hybridized carbons (Fsp3) is 0.619. The highest BCUT2D eigenvalue weighted by Crippen LogP contribution is 2.59. The molecule has 6 nitrogen and oxygen atoms in total. The summed E-state index contributed by atoms with van der Waals surface area (Å²) in [6, 6.07) is 5.03. The molecular formula is C21H26N2O4. The standard InChI is InChI=1S/C21H26N2O4/c24-19(10-22-20(25)16-1-2-17-18(6-16)27-12-26-17)23-11-21-7-13-3-14(8-21)5-15(4-13)9-21/h1-2,6,13-15H,3-5,7-12H2,(H,22,25)(H,23,24). The normalized spacial score (nSPS) is 32.4. The highest BCUT2D eigenvalue weighted by molar-refractivity contribution is 5.97. The minimum absolute atomic E-state index is 0.000356. The third kappa shape index (κ3) is 3.26. The van der Waals surface area contributed by atoms with Crippen molar-refractivity contribution < 1.29 is 19.1 Å². The van der Waals surface area contributed by atoms with Gasteiger partial charge in [0.25, 0.3) is 5.91 Å². The molecule has 1 aliphatic heterocycles. The molecule has 0 aromatic heterocycles. The van der Waals surface area contributed by atoms with Crippen molar-refractivity contribution in [2.45, 2.75) is 38.5 Å². The second-order valence-electron chi connectivity index (χ2n) is 8.95. The Kier molecular flexibility index (Phi) is 4.02. The molecule has 1 aromatic carbocycles. The van der Waals surface area contributed by atoms with Gasteiger partial charge in [0.05, 0.1) is 6.54 Å². The van der Waals surface area contributed by atoms with Gasteiger partial charge >= 0.3 is 0 Å². The van der Waals surface area contributed by atoms with E-state index in [0.29, 0.717) is 22.5 Å². The highest BCUT2D eigenvalue weighted by atomic mass is 16.7. The second kappa shape index (κ2) is 6.43. The van der Waals surface area contributed by atoms with Gasteiger partial charge in [0.15, 0.2) is 11.5 Å². The predicted molar refractivity (Wildman–Crippen MR) is 98.5 cm³/mol. The number of nitrogens with one attached hydrogen (secondary N) is 2. The summed E-state index contributed by atoms with van der Waals surface area (Å²) in [4.78, 5) is 24.6. The molecule has 4 fully saturated rings. The van der Waals surface area contributed by atoms with E-state index in [9.17, 15) is 9.59 Å². The smallest absolute Gasteiger partial charge is 0.251 e. The number of carbonyl (C=O) groups is 2. The molecule has 5 aliphatic rings. The first-order valence-electron chi connectivity index (χ1n) is 10.0. The van der Waals surface area contributed by atoms with Crippen LogP contribution < -0.4 is 20.1 Å². The van der Waals surface area contributed by atoms with Crippen molar-refractivity contribution in [3.63, 3.8) is 0 Å². The zero-order valence-corrected chi connectivity index (χ0v) is 15.5.